The second kappa shape index (κ2) is 5.03. The van der Waals surface area contributed by atoms with Crippen LogP contribution in [0.3, 0.4) is 0 Å². The molecule has 0 saturated heterocycles. The molecular formula is C15H18OS. The molecule has 17 heavy (non-hydrogen) atoms. The summed E-state index contributed by atoms with van der Waals surface area (Å²) in [7, 11) is 0. The zero-order valence-corrected chi connectivity index (χ0v) is 11.1. The fourth-order valence-electron chi connectivity index (χ4n) is 1.76. The number of hydrogen-bond donors (Lipinski definition) is 1. The quantitative estimate of drug-likeness (QED) is 0.865. The molecule has 2 aromatic rings. The molecule has 1 heterocycles. The minimum absolute atomic E-state index is 0.0290. The molecular weight excluding hydrogens is 228 g/mol. The van der Waals surface area contributed by atoms with E-state index in [4.69, 9.17) is 0 Å². The summed E-state index contributed by atoms with van der Waals surface area (Å²) in [6.07, 6.45) is 0.932. The highest BCUT2D eigenvalue weighted by Gasteiger charge is 2.18. The second-order valence-electron chi connectivity index (χ2n) is 5.13. The van der Waals surface area contributed by atoms with E-state index in [0.717, 1.165) is 6.42 Å². The SMILES string of the molecule is CC(C)(CO)Cc1ccc(-c2ccccc2)s1. The smallest absolute Gasteiger partial charge is 0.0485 e. The zero-order valence-electron chi connectivity index (χ0n) is 10.3. The summed E-state index contributed by atoms with van der Waals surface area (Å²) >= 11 is 1.82. The molecule has 0 aliphatic rings. The number of rotatable bonds is 4. The van der Waals surface area contributed by atoms with Gasteiger partial charge in [0.2, 0.25) is 0 Å². The summed E-state index contributed by atoms with van der Waals surface area (Å²) in [6, 6.07) is 14.8. The molecule has 1 N–H and O–H groups in total. The monoisotopic (exact) mass is 246 g/mol. The standard InChI is InChI=1S/C15H18OS/c1-15(2,11-16)10-13-8-9-14(17-13)12-6-4-3-5-7-12/h3-9,16H,10-11H2,1-2H3. The van der Waals surface area contributed by atoms with Crippen molar-refractivity contribution in [2.24, 2.45) is 5.41 Å². The van der Waals surface area contributed by atoms with Crippen molar-refractivity contribution in [3.8, 4) is 10.4 Å². The molecule has 0 amide bonds. The molecule has 0 atom stereocenters. The maximum atomic E-state index is 9.28. The van der Waals surface area contributed by atoms with E-state index in [2.05, 4.69) is 50.2 Å². The highest BCUT2D eigenvalue weighted by Crippen LogP contribution is 2.31. The Labute approximate surface area is 107 Å². The maximum absolute atomic E-state index is 9.28. The molecule has 0 unspecified atom stereocenters. The van der Waals surface area contributed by atoms with Gasteiger partial charge in [-0.05, 0) is 29.5 Å². The Bertz CT molecular complexity index is 471. The van der Waals surface area contributed by atoms with Crippen LogP contribution in [0, 0.1) is 5.41 Å². The number of thiophene rings is 1. The van der Waals surface area contributed by atoms with Crippen LogP contribution in [-0.4, -0.2) is 11.7 Å². The molecule has 0 fully saturated rings. The molecule has 0 saturated carbocycles. The fraction of sp³-hybridized carbons (Fsp3) is 0.333. The Balaban J connectivity index is 2.17. The molecule has 90 valence electrons. The first kappa shape index (κ1) is 12.3. The lowest BCUT2D eigenvalue weighted by Gasteiger charge is -2.20. The predicted octanol–water partition coefficient (Wildman–Crippen LogP) is 3.98. The van der Waals surface area contributed by atoms with Gasteiger partial charge in [-0.3, -0.25) is 0 Å². The van der Waals surface area contributed by atoms with Gasteiger partial charge >= 0.3 is 0 Å². The van der Waals surface area contributed by atoms with Crippen molar-refractivity contribution in [2.45, 2.75) is 20.3 Å². The van der Waals surface area contributed by atoms with Gasteiger partial charge in [0, 0.05) is 16.4 Å². The first-order chi connectivity index (χ1) is 8.11. The van der Waals surface area contributed by atoms with Crippen LogP contribution in [0.2, 0.25) is 0 Å². The lowest BCUT2D eigenvalue weighted by Crippen LogP contribution is -2.18. The number of hydrogen-bond acceptors (Lipinski definition) is 2. The van der Waals surface area contributed by atoms with Gasteiger partial charge in [0.15, 0.2) is 0 Å². The van der Waals surface area contributed by atoms with Crippen molar-refractivity contribution in [3.63, 3.8) is 0 Å². The van der Waals surface area contributed by atoms with E-state index in [-0.39, 0.29) is 12.0 Å². The zero-order chi connectivity index (χ0) is 12.3. The van der Waals surface area contributed by atoms with Crippen LogP contribution in [0.25, 0.3) is 10.4 Å². The lowest BCUT2D eigenvalue weighted by atomic mass is 9.90. The Morgan fingerprint density at radius 1 is 1.06 bits per heavy atom. The third-order valence-electron chi connectivity index (χ3n) is 2.80. The van der Waals surface area contributed by atoms with Crippen molar-refractivity contribution < 1.29 is 5.11 Å². The van der Waals surface area contributed by atoms with Crippen molar-refractivity contribution in [3.05, 3.63) is 47.3 Å². The Kier molecular flexibility index (Phi) is 3.65. The summed E-state index contributed by atoms with van der Waals surface area (Å²) in [5, 5.41) is 9.28. The molecule has 0 radical (unpaired) electrons. The third-order valence-corrected chi connectivity index (χ3v) is 3.94. The van der Waals surface area contributed by atoms with Gasteiger partial charge in [-0.25, -0.2) is 0 Å². The first-order valence-electron chi connectivity index (χ1n) is 5.86. The van der Waals surface area contributed by atoms with Crippen LogP contribution in [0.5, 0.6) is 0 Å². The van der Waals surface area contributed by atoms with Crippen LogP contribution in [0.4, 0.5) is 0 Å². The summed E-state index contributed by atoms with van der Waals surface area (Å²) in [4.78, 5) is 2.64. The maximum Gasteiger partial charge on any atom is 0.0485 e. The van der Waals surface area contributed by atoms with E-state index >= 15 is 0 Å². The van der Waals surface area contributed by atoms with Crippen molar-refractivity contribution in [1.82, 2.24) is 0 Å². The van der Waals surface area contributed by atoms with Crippen LogP contribution in [0.1, 0.15) is 18.7 Å². The van der Waals surface area contributed by atoms with Gasteiger partial charge in [-0.2, -0.15) is 0 Å². The molecule has 0 spiro atoms. The van der Waals surface area contributed by atoms with E-state index in [1.165, 1.54) is 15.3 Å². The molecule has 0 aliphatic carbocycles. The van der Waals surface area contributed by atoms with Gasteiger partial charge in [0.05, 0.1) is 0 Å². The third kappa shape index (κ3) is 3.18. The molecule has 0 aliphatic heterocycles. The van der Waals surface area contributed by atoms with Crippen LogP contribution in [-0.2, 0) is 6.42 Å². The number of aliphatic hydroxyl groups excluding tert-OH is 1. The highest BCUT2D eigenvalue weighted by molar-refractivity contribution is 7.15. The van der Waals surface area contributed by atoms with Gasteiger partial charge < -0.3 is 5.11 Å². The summed E-state index contributed by atoms with van der Waals surface area (Å²) in [5.41, 5.74) is 1.24. The topological polar surface area (TPSA) is 20.2 Å². The van der Waals surface area contributed by atoms with E-state index in [1.807, 2.05) is 17.4 Å². The second-order valence-corrected chi connectivity index (χ2v) is 6.30. The fourth-order valence-corrected chi connectivity index (χ4v) is 3.03. The average Bonchev–Trinajstić information content (AvgIpc) is 2.78. The van der Waals surface area contributed by atoms with E-state index in [9.17, 15) is 5.11 Å². The van der Waals surface area contributed by atoms with E-state index in [1.54, 1.807) is 0 Å². The summed E-state index contributed by atoms with van der Waals surface area (Å²) in [5.74, 6) is 0. The molecule has 0 bridgehead atoms. The van der Waals surface area contributed by atoms with E-state index < -0.39 is 0 Å². The van der Waals surface area contributed by atoms with Crippen LogP contribution < -0.4 is 0 Å². The van der Waals surface area contributed by atoms with Crippen LogP contribution >= 0.6 is 11.3 Å². The highest BCUT2D eigenvalue weighted by atomic mass is 32.1. The van der Waals surface area contributed by atoms with Gasteiger partial charge in [0.25, 0.3) is 0 Å². The molecule has 1 aromatic heterocycles. The van der Waals surface area contributed by atoms with Crippen molar-refractivity contribution in [1.29, 1.82) is 0 Å². The van der Waals surface area contributed by atoms with Crippen molar-refractivity contribution in [2.75, 3.05) is 6.61 Å². The molecule has 2 heteroatoms. The van der Waals surface area contributed by atoms with Crippen LogP contribution in [0.15, 0.2) is 42.5 Å². The lowest BCUT2D eigenvalue weighted by molar-refractivity contribution is 0.160. The first-order valence-corrected chi connectivity index (χ1v) is 6.67. The molecule has 1 aromatic carbocycles. The Morgan fingerprint density at radius 2 is 1.76 bits per heavy atom. The molecule has 2 rings (SSSR count). The minimum Gasteiger partial charge on any atom is -0.396 e. The van der Waals surface area contributed by atoms with Gasteiger partial charge in [-0.1, -0.05) is 44.2 Å². The Hall–Kier alpha value is -1.12. The minimum atomic E-state index is -0.0290. The summed E-state index contributed by atoms with van der Waals surface area (Å²) in [6.45, 7) is 4.41. The van der Waals surface area contributed by atoms with Gasteiger partial charge in [0.1, 0.15) is 0 Å². The Morgan fingerprint density at radius 3 is 2.41 bits per heavy atom. The largest absolute Gasteiger partial charge is 0.396 e. The predicted molar refractivity (Wildman–Crippen MR) is 74.3 cm³/mol. The normalized spacial score (nSPS) is 11.7. The number of aliphatic hydroxyl groups is 1. The number of benzene rings is 1. The molecule has 1 nitrogen and oxygen atoms in total. The average molecular weight is 246 g/mol. The van der Waals surface area contributed by atoms with Gasteiger partial charge in [-0.15, -0.1) is 11.3 Å². The van der Waals surface area contributed by atoms with E-state index in [0.29, 0.717) is 0 Å². The van der Waals surface area contributed by atoms with Crippen molar-refractivity contribution >= 4 is 11.3 Å². The summed E-state index contributed by atoms with van der Waals surface area (Å²) < 4.78 is 0.